The first kappa shape index (κ1) is 21.0. The van der Waals surface area contributed by atoms with E-state index >= 15 is 0 Å². The number of carboxylic acid groups (broad SMARTS) is 1. The number of unbranched alkanes of at least 4 members (excludes halogenated alkanes) is 1. The van der Waals surface area contributed by atoms with Crippen molar-refractivity contribution in [2.45, 2.75) is 66.4 Å². The zero-order valence-corrected chi connectivity index (χ0v) is 14.5. The average Bonchev–Trinajstić information content (AvgIpc) is 2.56. The van der Waals surface area contributed by atoms with Crippen LogP contribution in [0, 0.1) is 0 Å². The van der Waals surface area contributed by atoms with Crippen molar-refractivity contribution >= 4 is 29.5 Å². The minimum Gasteiger partial charge on any atom is -0.481 e. The molecule has 0 aromatic rings. The van der Waals surface area contributed by atoms with Crippen LogP contribution in [-0.2, 0) is 4.79 Å². The van der Waals surface area contributed by atoms with Gasteiger partial charge in [-0.05, 0) is 25.0 Å². The molecule has 1 fully saturated rings. The Balaban J connectivity index is 2.42. The molecule has 1 saturated heterocycles. The molecule has 1 aliphatic rings. The van der Waals surface area contributed by atoms with Gasteiger partial charge in [0, 0.05) is 11.7 Å². The van der Waals surface area contributed by atoms with E-state index in [0.717, 1.165) is 25.0 Å². The minimum atomic E-state index is -1.60. The number of hydrogen-bond acceptors (Lipinski definition) is 8. The van der Waals surface area contributed by atoms with Crippen molar-refractivity contribution in [3.05, 3.63) is 0 Å². The van der Waals surface area contributed by atoms with Gasteiger partial charge in [-0.15, -0.1) is 23.5 Å². The molecule has 9 heteroatoms. The third-order valence-electron chi connectivity index (χ3n) is 3.78. The third kappa shape index (κ3) is 7.16. The van der Waals surface area contributed by atoms with Gasteiger partial charge in [-0.2, -0.15) is 0 Å². The standard InChI is InChI=1S/C14H26O7S2/c15-7-9(16)11(19)12(20)13(21)14-22-6-5-8(23-14)3-1-2-4-10(17)18/h8-9,11-16,19-21H,1-7H2,(H,17,18)/t8-,9+,11+,12-,13+,14-/m0/s1. The number of hydrogen-bond donors (Lipinski definition) is 6. The Morgan fingerprint density at radius 2 is 1.83 bits per heavy atom. The van der Waals surface area contributed by atoms with Crippen LogP contribution in [0.25, 0.3) is 0 Å². The van der Waals surface area contributed by atoms with E-state index in [9.17, 15) is 25.2 Å². The minimum absolute atomic E-state index is 0.155. The lowest BCUT2D eigenvalue weighted by molar-refractivity contribution is -0.137. The van der Waals surface area contributed by atoms with E-state index in [1.54, 1.807) is 0 Å². The Labute approximate surface area is 144 Å². The van der Waals surface area contributed by atoms with Crippen molar-refractivity contribution < 1.29 is 35.4 Å². The predicted molar refractivity (Wildman–Crippen MR) is 89.5 cm³/mol. The van der Waals surface area contributed by atoms with Crippen LogP contribution in [0.15, 0.2) is 0 Å². The van der Waals surface area contributed by atoms with Gasteiger partial charge in [0.1, 0.15) is 24.4 Å². The molecule has 0 aliphatic carbocycles. The third-order valence-corrected chi connectivity index (χ3v) is 7.00. The molecule has 7 nitrogen and oxygen atoms in total. The Bertz CT molecular complexity index is 358. The van der Waals surface area contributed by atoms with Crippen molar-refractivity contribution in [3.63, 3.8) is 0 Å². The normalized spacial score (nSPS) is 27.2. The fraction of sp³-hybridized carbons (Fsp3) is 0.929. The molecule has 1 aliphatic heterocycles. The van der Waals surface area contributed by atoms with Crippen LogP contribution < -0.4 is 0 Å². The highest BCUT2D eigenvalue weighted by Crippen LogP contribution is 2.40. The van der Waals surface area contributed by atoms with E-state index in [0.29, 0.717) is 6.42 Å². The molecular weight excluding hydrogens is 344 g/mol. The van der Waals surface area contributed by atoms with E-state index in [1.165, 1.54) is 23.5 Å². The van der Waals surface area contributed by atoms with E-state index in [2.05, 4.69) is 0 Å². The summed E-state index contributed by atoms with van der Waals surface area (Å²) >= 11 is 3.00. The lowest BCUT2D eigenvalue weighted by atomic mass is 10.0. The summed E-state index contributed by atoms with van der Waals surface area (Å²) in [6.45, 7) is -0.692. The summed E-state index contributed by atoms with van der Waals surface area (Å²) in [6.07, 6.45) is -2.48. The Kier molecular flexibility index (Phi) is 9.83. The molecule has 0 aromatic heterocycles. The van der Waals surface area contributed by atoms with Crippen molar-refractivity contribution in [2.75, 3.05) is 12.4 Å². The van der Waals surface area contributed by atoms with Gasteiger partial charge in [-0.3, -0.25) is 4.79 Å². The first-order valence-corrected chi connectivity index (χ1v) is 9.68. The maximum absolute atomic E-state index is 10.5. The molecule has 1 heterocycles. The van der Waals surface area contributed by atoms with Gasteiger partial charge in [0.05, 0.1) is 11.2 Å². The zero-order chi connectivity index (χ0) is 17.4. The number of carboxylic acids is 1. The van der Waals surface area contributed by atoms with E-state index in [1.807, 2.05) is 0 Å². The number of rotatable bonds is 10. The molecule has 0 spiro atoms. The van der Waals surface area contributed by atoms with Crippen molar-refractivity contribution in [1.29, 1.82) is 0 Å². The molecule has 0 bridgehead atoms. The first-order chi connectivity index (χ1) is 10.9. The zero-order valence-electron chi connectivity index (χ0n) is 12.8. The van der Waals surface area contributed by atoms with E-state index in [4.69, 9.17) is 10.2 Å². The van der Waals surface area contributed by atoms with Crippen molar-refractivity contribution in [2.24, 2.45) is 0 Å². The highest BCUT2D eigenvalue weighted by atomic mass is 32.2. The van der Waals surface area contributed by atoms with Crippen LogP contribution in [0.1, 0.15) is 32.1 Å². The second-order valence-corrected chi connectivity index (χ2v) is 8.64. The number of carbonyl (C=O) groups is 1. The lowest BCUT2D eigenvalue weighted by Gasteiger charge is -2.35. The van der Waals surface area contributed by atoms with E-state index < -0.39 is 37.0 Å². The van der Waals surface area contributed by atoms with Gasteiger partial charge in [0.25, 0.3) is 0 Å². The van der Waals surface area contributed by atoms with Gasteiger partial charge in [-0.1, -0.05) is 6.42 Å². The van der Waals surface area contributed by atoms with Crippen molar-refractivity contribution in [1.82, 2.24) is 0 Å². The lowest BCUT2D eigenvalue weighted by Crippen LogP contribution is -2.49. The maximum atomic E-state index is 10.5. The molecule has 0 saturated carbocycles. The molecular formula is C14H26O7S2. The second kappa shape index (κ2) is 10.8. The SMILES string of the molecule is O=C(O)CCCC[C@H]1CCS[C@H]([C@H](O)[C@@H](O)[C@H](O)[C@H](O)CO)S1. The monoisotopic (exact) mass is 370 g/mol. The van der Waals surface area contributed by atoms with Gasteiger partial charge in [0.15, 0.2) is 0 Å². The summed E-state index contributed by atoms with van der Waals surface area (Å²) in [6, 6.07) is 0. The molecule has 6 atom stereocenters. The van der Waals surface area contributed by atoms with Crippen molar-refractivity contribution in [3.8, 4) is 0 Å². The molecule has 6 N–H and O–H groups in total. The van der Waals surface area contributed by atoms with Crippen LogP contribution in [0.4, 0.5) is 0 Å². The van der Waals surface area contributed by atoms with Crippen LogP contribution in [0.5, 0.6) is 0 Å². The topological polar surface area (TPSA) is 138 Å². The van der Waals surface area contributed by atoms with E-state index in [-0.39, 0.29) is 16.3 Å². The summed E-state index contributed by atoms with van der Waals surface area (Å²) < 4.78 is -0.330. The molecule has 0 unspecified atom stereocenters. The number of aliphatic carboxylic acids is 1. The molecule has 1 rings (SSSR count). The van der Waals surface area contributed by atoms with Gasteiger partial charge >= 0.3 is 5.97 Å². The Morgan fingerprint density at radius 3 is 2.43 bits per heavy atom. The summed E-state index contributed by atoms with van der Waals surface area (Å²) in [5.41, 5.74) is 0. The maximum Gasteiger partial charge on any atom is 0.303 e. The molecule has 0 radical (unpaired) electrons. The van der Waals surface area contributed by atoms with Crippen LogP contribution in [0.2, 0.25) is 0 Å². The quantitative estimate of drug-likeness (QED) is 0.284. The number of thioether (sulfide) groups is 2. The molecule has 136 valence electrons. The fourth-order valence-corrected chi connectivity index (χ4v) is 5.84. The van der Waals surface area contributed by atoms with Gasteiger partial charge < -0.3 is 30.6 Å². The molecule has 0 amide bonds. The second-order valence-electron chi connectivity index (χ2n) is 5.65. The first-order valence-electron chi connectivity index (χ1n) is 7.68. The summed E-state index contributed by atoms with van der Waals surface area (Å²) in [5.74, 6) is 0.00802. The molecule has 0 aromatic carbocycles. The Morgan fingerprint density at radius 1 is 1.13 bits per heavy atom. The largest absolute Gasteiger partial charge is 0.481 e. The Hall–Kier alpha value is -0.0300. The molecule has 23 heavy (non-hydrogen) atoms. The summed E-state index contributed by atoms with van der Waals surface area (Å²) in [7, 11) is 0. The predicted octanol–water partition coefficient (Wildman–Crippen LogP) is -0.368. The van der Waals surface area contributed by atoms with Gasteiger partial charge in [0.2, 0.25) is 0 Å². The van der Waals surface area contributed by atoms with Crippen LogP contribution in [-0.4, -0.2) is 83.2 Å². The van der Waals surface area contributed by atoms with Crippen LogP contribution in [0.3, 0.4) is 0 Å². The highest BCUT2D eigenvalue weighted by molar-refractivity contribution is 8.17. The van der Waals surface area contributed by atoms with Gasteiger partial charge in [-0.25, -0.2) is 0 Å². The number of aliphatic hydroxyl groups excluding tert-OH is 5. The number of aliphatic hydroxyl groups is 5. The highest BCUT2D eigenvalue weighted by Gasteiger charge is 2.37. The fourth-order valence-electron chi connectivity index (χ4n) is 2.35. The summed E-state index contributed by atoms with van der Waals surface area (Å²) in [5, 5.41) is 56.9. The summed E-state index contributed by atoms with van der Waals surface area (Å²) in [4.78, 5) is 10.5. The average molecular weight is 370 g/mol. The smallest absolute Gasteiger partial charge is 0.303 e. The van der Waals surface area contributed by atoms with Crippen LogP contribution >= 0.6 is 23.5 Å².